The van der Waals surface area contributed by atoms with E-state index in [1.54, 1.807) is 11.7 Å². The molecule has 0 radical (unpaired) electrons. The van der Waals surface area contributed by atoms with E-state index in [2.05, 4.69) is 41.0 Å². The molecule has 6 nitrogen and oxygen atoms in total. The van der Waals surface area contributed by atoms with Gasteiger partial charge in [-0.1, -0.05) is 72.3 Å². The van der Waals surface area contributed by atoms with Gasteiger partial charge in [0.1, 0.15) is 5.75 Å². The number of methoxy groups -OCH3 is 1. The molecule has 1 aromatic heterocycles. The van der Waals surface area contributed by atoms with Gasteiger partial charge in [-0.25, -0.2) is 4.98 Å². The number of hydrogen-bond donors (Lipinski definition) is 0. The standard InChI is InChI=1S/C29H30N4O2/c1-21-13-15-24(16-14-21)18-31-19-32(26-11-7-8-12-27(26)35-3)29-30-22(2)25(28(34)33(29)20-31)17-23-9-5-4-6-10-23/h4-16H,17-20H2,1-3H3. The van der Waals surface area contributed by atoms with Gasteiger partial charge < -0.3 is 4.74 Å². The summed E-state index contributed by atoms with van der Waals surface area (Å²) in [5.41, 5.74) is 5.92. The average Bonchev–Trinajstić information content (AvgIpc) is 2.88. The maximum Gasteiger partial charge on any atom is 0.259 e. The summed E-state index contributed by atoms with van der Waals surface area (Å²) in [5.74, 6) is 1.39. The Morgan fingerprint density at radius 3 is 2.31 bits per heavy atom. The Morgan fingerprint density at radius 1 is 0.857 bits per heavy atom. The van der Waals surface area contributed by atoms with Crippen LogP contribution in [0.1, 0.15) is 27.9 Å². The fourth-order valence-electron chi connectivity index (χ4n) is 4.62. The Balaban J connectivity index is 1.59. The summed E-state index contributed by atoms with van der Waals surface area (Å²) in [6.45, 7) is 5.81. The molecule has 3 aromatic carbocycles. The van der Waals surface area contributed by atoms with Gasteiger partial charge >= 0.3 is 0 Å². The Morgan fingerprint density at radius 2 is 1.57 bits per heavy atom. The van der Waals surface area contributed by atoms with E-state index in [1.165, 1.54) is 11.1 Å². The van der Waals surface area contributed by atoms with Crippen LogP contribution in [-0.4, -0.2) is 28.2 Å². The lowest BCUT2D eigenvalue weighted by molar-refractivity contribution is 0.189. The first-order valence-electron chi connectivity index (χ1n) is 11.9. The number of ether oxygens (including phenoxy) is 1. The molecular formula is C29H30N4O2. The molecule has 0 saturated heterocycles. The number of nitrogens with zero attached hydrogens (tertiary/aromatic N) is 4. The highest BCUT2D eigenvalue weighted by molar-refractivity contribution is 5.66. The van der Waals surface area contributed by atoms with Crippen molar-refractivity contribution in [2.45, 2.75) is 33.5 Å². The first-order chi connectivity index (χ1) is 17.0. The van der Waals surface area contributed by atoms with Gasteiger partial charge in [-0.05, 0) is 37.1 Å². The summed E-state index contributed by atoms with van der Waals surface area (Å²) >= 11 is 0. The zero-order chi connectivity index (χ0) is 24.4. The average molecular weight is 467 g/mol. The molecule has 1 aliphatic rings. The molecular weight excluding hydrogens is 436 g/mol. The molecule has 5 rings (SSSR count). The van der Waals surface area contributed by atoms with Crippen molar-refractivity contribution in [1.82, 2.24) is 14.5 Å². The minimum absolute atomic E-state index is 0.00450. The summed E-state index contributed by atoms with van der Waals surface area (Å²) < 4.78 is 7.47. The third kappa shape index (κ3) is 4.70. The molecule has 0 saturated carbocycles. The molecule has 0 aliphatic carbocycles. The van der Waals surface area contributed by atoms with Gasteiger partial charge in [-0.3, -0.25) is 19.2 Å². The lowest BCUT2D eigenvalue weighted by Gasteiger charge is -2.39. The van der Waals surface area contributed by atoms with Crippen LogP contribution >= 0.6 is 0 Å². The third-order valence-corrected chi connectivity index (χ3v) is 6.50. The minimum Gasteiger partial charge on any atom is -0.495 e. The number of hydrogen-bond acceptors (Lipinski definition) is 5. The van der Waals surface area contributed by atoms with Crippen LogP contribution in [0.15, 0.2) is 83.7 Å². The predicted molar refractivity (Wildman–Crippen MR) is 139 cm³/mol. The van der Waals surface area contributed by atoms with Crippen molar-refractivity contribution in [3.8, 4) is 5.75 Å². The third-order valence-electron chi connectivity index (χ3n) is 6.50. The summed E-state index contributed by atoms with van der Waals surface area (Å²) in [4.78, 5) is 23.2. The second kappa shape index (κ2) is 9.76. The van der Waals surface area contributed by atoms with Crippen LogP contribution in [0.4, 0.5) is 11.6 Å². The number of anilines is 2. The quantitative estimate of drug-likeness (QED) is 0.399. The summed E-state index contributed by atoms with van der Waals surface area (Å²) in [6.07, 6.45) is 0.561. The molecule has 35 heavy (non-hydrogen) atoms. The largest absolute Gasteiger partial charge is 0.495 e. The van der Waals surface area contributed by atoms with Crippen molar-refractivity contribution in [2.75, 3.05) is 18.7 Å². The minimum atomic E-state index is 0.00450. The topological polar surface area (TPSA) is 50.6 Å². The van der Waals surface area contributed by atoms with E-state index in [-0.39, 0.29) is 5.56 Å². The number of para-hydroxylation sites is 2. The summed E-state index contributed by atoms with van der Waals surface area (Å²) in [6, 6.07) is 26.5. The second-order valence-electron chi connectivity index (χ2n) is 9.07. The molecule has 0 bridgehead atoms. The van der Waals surface area contributed by atoms with Crippen LogP contribution < -0.4 is 15.2 Å². The van der Waals surface area contributed by atoms with Crippen LogP contribution in [0.3, 0.4) is 0 Å². The van der Waals surface area contributed by atoms with Crippen molar-refractivity contribution in [3.63, 3.8) is 0 Å². The van der Waals surface area contributed by atoms with Crippen molar-refractivity contribution >= 4 is 11.6 Å². The highest BCUT2D eigenvalue weighted by Gasteiger charge is 2.29. The van der Waals surface area contributed by atoms with E-state index in [0.717, 1.165) is 34.8 Å². The van der Waals surface area contributed by atoms with Crippen LogP contribution in [0.25, 0.3) is 0 Å². The van der Waals surface area contributed by atoms with E-state index in [1.807, 2.05) is 61.5 Å². The second-order valence-corrected chi connectivity index (χ2v) is 9.07. The first-order valence-corrected chi connectivity index (χ1v) is 11.9. The van der Waals surface area contributed by atoms with Gasteiger partial charge in [0.05, 0.1) is 31.8 Å². The molecule has 2 heterocycles. The van der Waals surface area contributed by atoms with Gasteiger partial charge in [-0.2, -0.15) is 0 Å². The molecule has 6 heteroatoms. The Kier molecular flexibility index (Phi) is 6.38. The van der Waals surface area contributed by atoms with E-state index < -0.39 is 0 Å². The van der Waals surface area contributed by atoms with Crippen LogP contribution in [0.5, 0.6) is 5.75 Å². The van der Waals surface area contributed by atoms with E-state index in [9.17, 15) is 4.79 Å². The molecule has 0 fully saturated rings. The maximum atomic E-state index is 13.9. The van der Waals surface area contributed by atoms with Crippen LogP contribution in [0, 0.1) is 13.8 Å². The van der Waals surface area contributed by atoms with Gasteiger partial charge in [0.2, 0.25) is 5.95 Å². The monoisotopic (exact) mass is 466 g/mol. The van der Waals surface area contributed by atoms with Gasteiger partial charge in [-0.15, -0.1) is 0 Å². The lowest BCUT2D eigenvalue weighted by Crippen LogP contribution is -2.47. The van der Waals surface area contributed by atoms with Crippen LogP contribution in [-0.2, 0) is 19.6 Å². The number of rotatable bonds is 6. The zero-order valence-corrected chi connectivity index (χ0v) is 20.4. The van der Waals surface area contributed by atoms with Crippen molar-refractivity contribution < 1.29 is 4.74 Å². The SMILES string of the molecule is COc1ccccc1N1CN(Cc2ccc(C)cc2)Cn2c1nc(C)c(Cc1ccccc1)c2=O. The fourth-order valence-corrected chi connectivity index (χ4v) is 4.62. The van der Waals surface area contributed by atoms with Crippen molar-refractivity contribution in [1.29, 1.82) is 0 Å². The molecule has 1 aliphatic heterocycles. The summed E-state index contributed by atoms with van der Waals surface area (Å²) in [5, 5.41) is 0. The normalized spacial score (nSPS) is 13.5. The molecule has 178 valence electrons. The fraction of sp³-hybridized carbons (Fsp3) is 0.241. The smallest absolute Gasteiger partial charge is 0.259 e. The maximum absolute atomic E-state index is 13.9. The molecule has 0 unspecified atom stereocenters. The first kappa shape index (κ1) is 22.9. The number of aryl methyl sites for hydroxylation is 2. The molecule has 0 amide bonds. The van der Waals surface area contributed by atoms with E-state index in [4.69, 9.17) is 9.72 Å². The van der Waals surface area contributed by atoms with Crippen LogP contribution in [0.2, 0.25) is 0 Å². The Bertz CT molecular complexity index is 1380. The Labute approximate surface area is 206 Å². The Hall–Kier alpha value is -3.90. The number of fused-ring (bicyclic) bond motifs is 1. The zero-order valence-electron chi connectivity index (χ0n) is 20.4. The van der Waals surface area contributed by atoms with Crippen molar-refractivity contribution in [2.24, 2.45) is 0 Å². The van der Waals surface area contributed by atoms with Gasteiger partial charge in [0.15, 0.2) is 0 Å². The van der Waals surface area contributed by atoms with Gasteiger partial charge in [0, 0.05) is 18.5 Å². The highest BCUT2D eigenvalue weighted by atomic mass is 16.5. The van der Waals surface area contributed by atoms with Gasteiger partial charge in [0.25, 0.3) is 5.56 Å². The molecule has 4 aromatic rings. The number of benzene rings is 3. The highest BCUT2D eigenvalue weighted by Crippen LogP contribution is 2.35. The predicted octanol–water partition coefficient (Wildman–Crippen LogP) is 5.03. The van der Waals surface area contributed by atoms with Crippen molar-refractivity contribution in [3.05, 3.63) is 117 Å². The van der Waals surface area contributed by atoms with E-state index in [0.29, 0.717) is 25.7 Å². The molecule has 0 atom stereocenters. The summed E-state index contributed by atoms with van der Waals surface area (Å²) in [7, 11) is 1.67. The lowest BCUT2D eigenvalue weighted by atomic mass is 10.1. The molecule has 0 N–H and O–H groups in total. The molecule has 0 spiro atoms. The number of aromatic nitrogens is 2. The van der Waals surface area contributed by atoms with E-state index >= 15 is 0 Å².